The Morgan fingerprint density at radius 3 is 2.67 bits per heavy atom. The van der Waals surface area contributed by atoms with Gasteiger partial charge in [0.25, 0.3) is 0 Å². The first-order valence-electron chi connectivity index (χ1n) is 6.88. The van der Waals surface area contributed by atoms with Crippen molar-refractivity contribution >= 4 is 30.1 Å². The number of hydrogen-bond acceptors (Lipinski definition) is 4. The van der Waals surface area contributed by atoms with Crippen LogP contribution < -0.4 is 11.1 Å². The predicted octanol–water partition coefficient (Wildman–Crippen LogP) is 1.74. The Bertz CT molecular complexity index is 392. The third-order valence-electron chi connectivity index (χ3n) is 3.06. The lowest BCUT2D eigenvalue weighted by atomic mass is 10.2. The zero-order valence-corrected chi connectivity index (χ0v) is 14.4. The lowest BCUT2D eigenvalue weighted by Gasteiger charge is -2.18. The number of carbonyl (C=O) groups excluding carboxylic acids is 1. The van der Waals surface area contributed by atoms with Crippen LogP contribution in [0, 0.1) is 0 Å². The molecule has 1 aromatic rings. The first-order valence-corrected chi connectivity index (χ1v) is 8.27. The van der Waals surface area contributed by atoms with Crippen molar-refractivity contribution in [1.82, 2.24) is 10.2 Å². The lowest BCUT2D eigenvalue weighted by molar-refractivity contribution is -0.122. The van der Waals surface area contributed by atoms with Crippen molar-refractivity contribution < 1.29 is 4.79 Å². The molecule has 1 rings (SSSR count). The highest BCUT2D eigenvalue weighted by Gasteiger charge is 2.12. The molecule has 0 aromatic heterocycles. The predicted molar refractivity (Wildman–Crippen MR) is 94.0 cm³/mol. The maximum atomic E-state index is 11.7. The summed E-state index contributed by atoms with van der Waals surface area (Å²) in [7, 11) is 2.05. The standard InChI is InChI=1S/C15H25N3OS.ClH/c1-18(12-13-6-4-3-5-7-13)10-9-17-15(19)14(16)8-11-20-2;/h3-7,14H,8-12,16H2,1-2H3,(H,17,19);1H/t14-;/m0./s1. The SMILES string of the molecule is CSCC[C@H](N)C(=O)NCCN(C)Cc1ccccc1.Cl. The monoisotopic (exact) mass is 331 g/mol. The van der Waals surface area contributed by atoms with E-state index in [-0.39, 0.29) is 24.4 Å². The number of thioether (sulfide) groups is 1. The van der Waals surface area contributed by atoms with Gasteiger partial charge in [0.2, 0.25) is 5.91 Å². The summed E-state index contributed by atoms with van der Waals surface area (Å²) in [5.41, 5.74) is 7.08. The van der Waals surface area contributed by atoms with Crippen LogP contribution in [0.4, 0.5) is 0 Å². The molecule has 6 heteroatoms. The fourth-order valence-corrected chi connectivity index (χ4v) is 2.34. The fourth-order valence-electron chi connectivity index (χ4n) is 1.85. The zero-order valence-electron chi connectivity index (χ0n) is 12.7. The second kappa shape index (κ2) is 11.9. The molecule has 0 heterocycles. The van der Waals surface area contributed by atoms with Gasteiger partial charge in [-0.15, -0.1) is 12.4 Å². The Labute approximate surface area is 138 Å². The van der Waals surface area contributed by atoms with E-state index in [4.69, 9.17) is 5.73 Å². The van der Waals surface area contributed by atoms with Gasteiger partial charge < -0.3 is 16.0 Å². The third-order valence-corrected chi connectivity index (χ3v) is 3.70. The molecule has 0 bridgehead atoms. The minimum Gasteiger partial charge on any atom is -0.353 e. The van der Waals surface area contributed by atoms with Crippen LogP contribution in [0.5, 0.6) is 0 Å². The smallest absolute Gasteiger partial charge is 0.236 e. The molecule has 0 saturated heterocycles. The molecule has 0 aliphatic carbocycles. The van der Waals surface area contributed by atoms with E-state index < -0.39 is 0 Å². The summed E-state index contributed by atoms with van der Waals surface area (Å²) in [6, 6.07) is 9.91. The van der Waals surface area contributed by atoms with E-state index in [2.05, 4.69) is 22.3 Å². The largest absolute Gasteiger partial charge is 0.353 e. The number of nitrogens with two attached hydrogens (primary N) is 1. The first kappa shape index (κ1) is 20.2. The Morgan fingerprint density at radius 2 is 2.05 bits per heavy atom. The Balaban J connectivity index is 0.00000400. The van der Waals surface area contributed by atoms with Gasteiger partial charge in [-0.1, -0.05) is 30.3 Å². The number of nitrogens with one attached hydrogen (secondary N) is 1. The molecule has 0 radical (unpaired) electrons. The highest BCUT2D eigenvalue weighted by atomic mass is 35.5. The molecular weight excluding hydrogens is 306 g/mol. The van der Waals surface area contributed by atoms with Gasteiger partial charge in [0.1, 0.15) is 0 Å². The number of rotatable bonds is 9. The van der Waals surface area contributed by atoms with E-state index in [9.17, 15) is 4.79 Å². The van der Waals surface area contributed by atoms with Gasteiger partial charge in [-0.25, -0.2) is 0 Å². The van der Waals surface area contributed by atoms with Gasteiger partial charge in [-0.3, -0.25) is 4.79 Å². The van der Waals surface area contributed by atoms with Crippen molar-refractivity contribution in [2.45, 2.75) is 19.0 Å². The summed E-state index contributed by atoms with van der Waals surface area (Å²) < 4.78 is 0. The molecule has 0 spiro atoms. The number of nitrogens with zero attached hydrogens (tertiary/aromatic N) is 1. The highest BCUT2D eigenvalue weighted by molar-refractivity contribution is 7.98. The summed E-state index contributed by atoms with van der Waals surface area (Å²) >= 11 is 1.71. The van der Waals surface area contributed by atoms with Crippen LogP contribution >= 0.6 is 24.2 Å². The molecule has 21 heavy (non-hydrogen) atoms. The summed E-state index contributed by atoms with van der Waals surface area (Å²) in [6.07, 6.45) is 2.75. The number of hydrogen-bond donors (Lipinski definition) is 2. The van der Waals surface area contributed by atoms with Crippen molar-refractivity contribution in [3.05, 3.63) is 35.9 Å². The van der Waals surface area contributed by atoms with E-state index in [0.29, 0.717) is 6.54 Å². The van der Waals surface area contributed by atoms with Crippen molar-refractivity contribution in [2.24, 2.45) is 5.73 Å². The molecule has 0 unspecified atom stereocenters. The number of halogens is 1. The minimum atomic E-state index is -0.387. The normalized spacial score (nSPS) is 11.8. The van der Waals surface area contributed by atoms with Gasteiger partial charge in [0.15, 0.2) is 0 Å². The molecule has 1 amide bonds. The zero-order chi connectivity index (χ0) is 14.8. The molecule has 0 aliphatic rings. The molecule has 3 N–H and O–H groups in total. The molecule has 4 nitrogen and oxygen atoms in total. The number of carbonyl (C=O) groups is 1. The summed E-state index contributed by atoms with van der Waals surface area (Å²) in [5, 5.41) is 2.89. The van der Waals surface area contributed by atoms with Crippen LogP contribution in [-0.4, -0.2) is 49.0 Å². The maximum absolute atomic E-state index is 11.7. The molecule has 1 atom stereocenters. The Hall–Kier alpha value is -0.750. The summed E-state index contributed by atoms with van der Waals surface area (Å²) in [6.45, 7) is 2.33. The number of benzene rings is 1. The average molecular weight is 332 g/mol. The van der Waals surface area contributed by atoms with Crippen LogP contribution in [-0.2, 0) is 11.3 Å². The molecule has 120 valence electrons. The molecule has 0 fully saturated rings. The number of amides is 1. The Morgan fingerprint density at radius 1 is 1.38 bits per heavy atom. The second-order valence-electron chi connectivity index (χ2n) is 4.90. The van der Waals surface area contributed by atoms with E-state index >= 15 is 0 Å². The van der Waals surface area contributed by atoms with Crippen molar-refractivity contribution in [1.29, 1.82) is 0 Å². The van der Waals surface area contributed by atoms with E-state index in [0.717, 1.165) is 25.3 Å². The lowest BCUT2D eigenvalue weighted by Crippen LogP contribution is -2.43. The van der Waals surface area contributed by atoms with Crippen LogP contribution in [0.2, 0.25) is 0 Å². The van der Waals surface area contributed by atoms with Crippen LogP contribution in [0.15, 0.2) is 30.3 Å². The molecule has 0 aliphatic heterocycles. The van der Waals surface area contributed by atoms with E-state index in [1.54, 1.807) is 11.8 Å². The fraction of sp³-hybridized carbons (Fsp3) is 0.533. The Kier molecular flexibility index (Phi) is 11.4. The van der Waals surface area contributed by atoms with Crippen molar-refractivity contribution in [3.8, 4) is 0 Å². The van der Waals surface area contributed by atoms with E-state index in [1.807, 2.05) is 31.5 Å². The van der Waals surface area contributed by atoms with Gasteiger partial charge >= 0.3 is 0 Å². The first-order chi connectivity index (χ1) is 9.63. The van der Waals surface area contributed by atoms with Crippen molar-refractivity contribution in [2.75, 3.05) is 32.1 Å². The summed E-state index contributed by atoms with van der Waals surface area (Å²) in [4.78, 5) is 13.9. The minimum absolute atomic E-state index is 0. The van der Waals surface area contributed by atoms with Crippen molar-refractivity contribution in [3.63, 3.8) is 0 Å². The molecular formula is C15H26ClN3OS. The van der Waals surface area contributed by atoms with Crippen LogP contribution in [0.1, 0.15) is 12.0 Å². The topological polar surface area (TPSA) is 58.4 Å². The van der Waals surface area contributed by atoms with Crippen LogP contribution in [0.25, 0.3) is 0 Å². The molecule has 1 aromatic carbocycles. The quantitative estimate of drug-likeness (QED) is 0.723. The second-order valence-corrected chi connectivity index (χ2v) is 5.89. The van der Waals surface area contributed by atoms with Crippen LogP contribution in [0.3, 0.4) is 0 Å². The summed E-state index contributed by atoms with van der Waals surface area (Å²) in [5.74, 6) is 0.870. The van der Waals surface area contributed by atoms with Gasteiger partial charge in [0.05, 0.1) is 6.04 Å². The maximum Gasteiger partial charge on any atom is 0.236 e. The van der Waals surface area contributed by atoms with Gasteiger partial charge in [0, 0.05) is 19.6 Å². The number of likely N-dealkylation sites (N-methyl/N-ethyl adjacent to an activating group) is 1. The van der Waals surface area contributed by atoms with E-state index in [1.165, 1.54) is 5.56 Å². The molecule has 0 saturated carbocycles. The van der Waals surface area contributed by atoms with Gasteiger partial charge in [-0.2, -0.15) is 11.8 Å². The van der Waals surface area contributed by atoms with Gasteiger partial charge in [-0.05, 0) is 31.0 Å². The highest BCUT2D eigenvalue weighted by Crippen LogP contribution is 2.02. The average Bonchev–Trinajstić information content (AvgIpc) is 2.45. The third kappa shape index (κ3) is 8.98.